The molecule has 1 heterocycles. The minimum Gasteiger partial charge on any atom is -0.337 e. The van der Waals surface area contributed by atoms with Crippen LogP contribution in [0.4, 0.5) is 13.6 Å². The van der Waals surface area contributed by atoms with Crippen LogP contribution in [0.2, 0.25) is 0 Å². The molecule has 1 rings (SSSR count). The van der Waals surface area contributed by atoms with E-state index in [1.54, 1.807) is 27.7 Å². The summed E-state index contributed by atoms with van der Waals surface area (Å²) in [5.74, 6) is -0.987. The van der Waals surface area contributed by atoms with Crippen molar-refractivity contribution in [2.24, 2.45) is 11.8 Å². The van der Waals surface area contributed by atoms with Gasteiger partial charge in [0.2, 0.25) is 0 Å². The lowest BCUT2D eigenvalue weighted by molar-refractivity contribution is -0.193. The van der Waals surface area contributed by atoms with Crippen molar-refractivity contribution >= 4 is 6.03 Å². The van der Waals surface area contributed by atoms with E-state index in [1.165, 1.54) is 0 Å². The quantitative estimate of drug-likeness (QED) is 0.711. The Balaban J connectivity index is 2.98. The molecule has 1 saturated heterocycles. The molecule has 3 nitrogen and oxygen atoms in total. The predicted molar refractivity (Wildman–Crippen MR) is 53.6 cm³/mol. The summed E-state index contributed by atoms with van der Waals surface area (Å²) in [6.45, 7) is 6.72. The Labute approximate surface area is 88.8 Å². The first kappa shape index (κ1) is 12.2. The summed E-state index contributed by atoms with van der Waals surface area (Å²) in [5, 5.41) is 2.51. The Morgan fingerprint density at radius 2 is 1.93 bits per heavy atom. The van der Waals surface area contributed by atoms with Gasteiger partial charge in [0.15, 0.2) is 0 Å². The fourth-order valence-corrected chi connectivity index (χ4v) is 1.93. The second-order valence-electron chi connectivity index (χ2n) is 4.59. The summed E-state index contributed by atoms with van der Waals surface area (Å²) in [4.78, 5) is 12.0. The Bertz CT molecular complexity index is 254. The number of halogens is 2. The van der Waals surface area contributed by atoms with Gasteiger partial charge in [-0.1, -0.05) is 13.8 Å². The monoisotopic (exact) mass is 220 g/mol. The van der Waals surface area contributed by atoms with E-state index < -0.39 is 24.0 Å². The van der Waals surface area contributed by atoms with Crippen molar-refractivity contribution in [3.63, 3.8) is 0 Å². The Morgan fingerprint density at radius 3 is 2.33 bits per heavy atom. The Morgan fingerprint density at radius 1 is 1.40 bits per heavy atom. The van der Waals surface area contributed by atoms with E-state index in [0.717, 1.165) is 0 Å². The van der Waals surface area contributed by atoms with Crippen molar-refractivity contribution in [1.82, 2.24) is 10.2 Å². The molecule has 88 valence electrons. The van der Waals surface area contributed by atoms with Gasteiger partial charge in [-0.3, -0.25) is 4.90 Å². The van der Waals surface area contributed by atoms with Crippen molar-refractivity contribution in [2.75, 3.05) is 6.54 Å². The summed E-state index contributed by atoms with van der Waals surface area (Å²) >= 11 is 0. The molecule has 1 atom stereocenters. The van der Waals surface area contributed by atoms with Crippen LogP contribution in [0.5, 0.6) is 0 Å². The zero-order valence-corrected chi connectivity index (χ0v) is 9.55. The van der Waals surface area contributed by atoms with E-state index in [-0.39, 0.29) is 12.5 Å². The van der Waals surface area contributed by atoms with E-state index in [1.807, 2.05) is 0 Å². The van der Waals surface area contributed by atoms with Crippen LogP contribution in [0.15, 0.2) is 0 Å². The first-order chi connectivity index (χ1) is 6.78. The first-order valence-electron chi connectivity index (χ1n) is 5.23. The number of amides is 2. The van der Waals surface area contributed by atoms with Crippen LogP contribution in [0, 0.1) is 11.8 Å². The SMILES string of the molecule is CC(C)C1CNC(=O)N(C(C)C)C1(F)F. The lowest BCUT2D eigenvalue weighted by atomic mass is 9.90. The van der Waals surface area contributed by atoms with Gasteiger partial charge < -0.3 is 5.32 Å². The second-order valence-corrected chi connectivity index (χ2v) is 4.59. The highest BCUT2D eigenvalue weighted by Gasteiger charge is 2.53. The zero-order valence-electron chi connectivity index (χ0n) is 9.55. The van der Waals surface area contributed by atoms with Gasteiger partial charge in [-0.25, -0.2) is 4.79 Å². The van der Waals surface area contributed by atoms with Gasteiger partial charge in [-0.05, 0) is 19.8 Å². The molecule has 0 aliphatic carbocycles. The maximum absolute atomic E-state index is 14.0. The van der Waals surface area contributed by atoms with E-state index in [9.17, 15) is 13.6 Å². The minimum absolute atomic E-state index is 0.0483. The van der Waals surface area contributed by atoms with E-state index in [0.29, 0.717) is 4.90 Å². The van der Waals surface area contributed by atoms with E-state index in [4.69, 9.17) is 0 Å². The molecule has 0 spiro atoms. The number of carbonyl (C=O) groups is 1. The molecule has 0 saturated carbocycles. The highest BCUT2D eigenvalue weighted by atomic mass is 19.3. The van der Waals surface area contributed by atoms with Crippen molar-refractivity contribution in [3.8, 4) is 0 Å². The number of carbonyl (C=O) groups excluding carboxylic acids is 1. The maximum atomic E-state index is 14.0. The van der Waals surface area contributed by atoms with Crippen LogP contribution in [0.3, 0.4) is 0 Å². The van der Waals surface area contributed by atoms with Crippen molar-refractivity contribution in [1.29, 1.82) is 0 Å². The van der Waals surface area contributed by atoms with Gasteiger partial charge in [-0.2, -0.15) is 8.78 Å². The summed E-state index contributed by atoms with van der Waals surface area (Å²) in [6.07, 6.45) is 0. The van der Waals surface area contributed by atoms with Gasteiger partial charge in [0, 0.05) is 12.6 Å². The number of hydrogen-bond acceptors (Lipinski definition) is 1. The zero-order chi connectivity index (χ0) is 11.8. The molecule has 1 aliphatic heterocycles. The summed E-state index contributed by atoms with van der Waals surface area (Å²) in [6, 6.07) is -4.22. The number of rotatable bonds is 2. The Hall–Kier alpha value is -0.870. The molecule has 0 aromatic heterocycles. The van der Waals surface area contributed by atoms with Crippen LogP contribution in [-0.4, -0.2) is 29.6 Å². The molecule has 15 heavy (non-hydrogen) atoms. The van der Waals surface area contributed by atoms with Crippen molar-refractivity contribution in [3.05, 3.63) is 0 Å². The fraction of sp³-hybridized carbons (Fsp3) is 0.900. The lowest BCUT2D eigenvalue weighted by Gasteiger charge is -2.44. The maximum Gasteiger partial charge on any atom is 0.334 e. The van der Waals surface area contributed by atoms with Crippen LogP contribution in [-0.2, 0) is 0 Å². The summed E-state index contributed by atoms with van der Waals surface area (Å²) in [7, 11) is 0. The molecule has 1 N–H and O–H groups in total. The van der Waals surface area contributed by atoms with Crippen LogP contribution in [0.1, 0.15) is 27.7 Å². The second kappa shape index (κ2) is 3.94. The van der Waals surface area contributed by atoms with E-state index >= 15 is 0 Å². The normalized spacial score (nSPS) is 26.0. The molecule has 0 bridgehead atoms. The first-order valence-corrected chi connectivity index (χ1v) is 5.23. The number of urea groups is 1. The lowest BCUT2D eigenvalue weighted by Crippen LogP contribution is -2.64. The average Bonchev–Trinajstić information content (AvgIpc) is 1.99. The van der Waals surface area contributed by atoms with Crippen LogP contribution >= 0.6 is 0 Å². The van der Waals surface area contributed by atoms with Crippen LogP contribution in [0.25, 0.3) is 0 Å². The standard InChI is InChI=1S/C10H18F2N2O/c1-6(2)8-5-13-9(15)14(7(3)4)10(8,11)12/h6-8H,5H2,1-4H3,(H,13,15). The predicted octanol–water partition coefficient (Wildman–Crippen LogP) is 2.29. The molecular weight excluding hydrogens is 202 g/mol. The summed E-state index contributed by atoms with van der Waals surface area (Å²) < 4.78 is 27.9. The van der Waals surface area contributed by atoms with Crippen LogP contribution < -0.4 is 5.32 Å². The third kappa shape index (κ3) is 2.06. The third-order valence-electron chi connectivity index (χ3n) is 2.78. The Kier molecular flexibility index (Phi) is 3.21. The van der Waals surface area contributed by atoms with Gasteiger partial charge in [0.1, 0.15) is 0 Å². The number of hydrogen-bond donors (Lipinski definition) is 1. The molecule has 1 fully saturated rings. The smallest absolute Gasteiger partial charge is 0.334 e. The summed E-state index contributed by atoms with van der Waals surface area (Å²) in [5.41, 5.74) is 0. The van der Waals surface area contributed by atoms with Gasteiger partial charge in [-0.15, -0.1) is 0 Å². The molecule has 1 unspecified atom stereocenters. The highest BCUT2D eigenvalue weighted by molar-refractivity contribution is 5.76. The largest absolute Gasteiger partial charge is 0.337 e. The minimum atomic E-state index is -3.05. The van der Waals surface area contributed by atoms with Gasteiger partial charge in [0.05, 0.1) is 5.92 Å². The number of nitrogens with one attached hydrogen (secondary N) is 1. The van der Waals surface area contributed by atoms with Gasteiger partial charge in [0.25, 0.3) is 0 Å². The molecule has 2 amide bonds. The molecule has 0 aromatic carbocycles. The average molecular weight is 220 g/mol. The molecular formula is C10H18F2N2O. The fourth-order valence-electron chi connectivity index (χ4n) is 1.93. The highest BCUT2D eigenvalue weighted by Crippen LogP contribution is 2.37. The van der Waals surface area contributed by atoms with Crippen molar-refractivity contribution < 1.29 is 13.6 Å². The number of nitrogens with zero attached hydrogens (tertiary/aromatic N) is 1. The van der Waals surface area contributed by atoms with E-state index in [2.05, 4.69) is 5.32 Å². The molecule has 0 radical (unpaired) electrons. The van der Waals surface area contributed by atoms with Crippen molar-refractivity contribution in [2.45, 2.75) is 39.8 Å². The third-order valence-corrected chi connectivity index (χ3v) is 2.78. The molecule has 5 heteroatoms. The molecule has 0 aromatic rings. The topological polar surface area (TPSA) is 32.3 Å². The number of alkyl halides is 2. The van der Waals surface area contributed by atoms with Gasteiger partial charge >= 0.3 is 12.1 Å². The molecule has 1 aliphatic rings.